The summed E-state index contributed by atoms with van der Waals surface area (Å²) in [7, 11) is 0. The molecule has 1 saturated heterocycles. The van der Waals surface area contributed by atoms with Gasteiger partial charge in [-0.3, -0.25) is 4.79 Å². The third-order valence-electron chi connectivity index (χ3n) is 4.64. The highest BCUT2D eigenvalue weighted by atomic mass is 16.5. The van der Waals surface area contributed by atoms with Crippen LogP contribution in [0.5, 0.6) is 17.2 Å². The van der Waals surface area contributed by atoms with E-state index in [9.17, 15) is 14.7 Å². The molecular weight excluding hydrogens is 374 g/mol. The normalized spacial score (nSPS) is 15.8. The molecule has 154 valence electrons. The summed E-state index contributed by atoms with van der Waals surface area (Å²) in [5.74, 6) is 0.440. The summed E-state index contributed by atoms with van der Waals surface area (Å²) in [5.41, 5.74) is 0.384. The number of benzene rings is 2. The highest BCUT2D eigenvalue weighted by Gasteiger charge is 2.34. The lowest BCUT2D eigenvalue weighted by molar-refractivity contribution is -0.141. The first-order valence-electron chi connectivity index (χ1n) is 9.71. The zero-order chi connectivity index (χ0) is 20.6. The number of likely N-dealkylation sites (tertiary alicyclic amines) is 1. The number of carboxylic acids is 1. The molecule has 7 heteroatoms. The van der Waals surface area contributed by atoms with E-state index < -0.39 is 12.0 Å². The molecule has 0 bridgehead atoms. The Morgan fingerprint density at radius 1 is 1.03 bits per heavy atom. The van der Waals surface area contributed by atoms with E-state index in [1.807, 2.05) is 37.3 Å². The van der Waals surface area contributed by atoms with Crippen molar-refractivity contribution in [1.29, 1.82) is 0 Å². The molecular formula is C22H25NO6. The van der Waals surface area contributed by atoms with Crippen molar-refractivity contribution in [3.8, 4) is 17.2 Å². The third-order valence-corrected chi connectivity index (χ3v) is 4.64. The van der Waals surface area contributed by atoms with E-state index in [4.69, 9.17) is 14.2 Å². The minimum atomic E-state index is -0.973. The molecule has 1 amide bonds. The zero-order valence-electron chi connectivity index (χ0n) is 16.4. The molecule has 0 spiro atoms. The van der Waals surface area contributed by atoms with Gasteiger partial charge in [0.05, 0.1) is 6.61 Å². The topological polar surface area (TPSA) is 85.3 Å². The van der Waals surface area contributed by atoms with Gasteiger partial charge < -0.3 is 24.2 Å². The summed E-state index contributed by atoms with van der Waals surface area (Å²) in [6, 6.07) is 13.6. The number of nitrogens with zero attached hydrogens (tertiary/aromatic N) is 1. The van der Waals surface area contributed by atoms with E-state index in [1.165, 1.54) is 4.90 Å². The van der Waals surface area contributed by atoms with E-state index in [0.29, 0.717) is 56.3 Å². The zero-order valence-corrected chi connectivity index (χ0v) is 16.4. The molecule has 1 fully saturated rings. The first-order valence-corrected chi connectivity index (χ1v) is 9.71. The van der Waals surface area contributed by atoms with E-state index in [0.717, 1.165) is 5.75 Å². The van der Waals surface area contributed by atoms with Crippen LogP contribution in [0.25, 0.3) is 0 Å². The van der Waals surface area contributed by atoms with Crippen LogP contribution in [-0.2, 0) is 4.79 Å². The van der Waals surface area contributed by atoms with Gasteiger partial charge in [-0.25, -0.2) is 4.79 Å². The van der Waals surface area contributed by atoms with Gasteiger partial charge in [0.1, 0.15) is 25.0 Å². The average molecular weight is 399 g/mol. The van der Waals surface area contributed by atoms with Gasteiger partial charge in [0.2, 0.25) is 0 Å². The fraction of sp³-hybridized carbons (Fsp3) is 0.364. The Bertz CT molecular complexity index is 838. The number of amides is 1. The maximum Gasteiger partial charge on any atom is 0.326 e. The predicted molar refractivity (Wildman–Crippen MR) is 107 cm³/mol. The molecule has 0 radical (unpaired) electrons. The van der Waals surface area contributed by atoms with Gasteiger partial charge in [-0.2, -0.15) is 0 Å². The second kappa shape index (κ2) is 9.82. The fourth-order valence-corrected chi connectivity index (χ4v) is 3.29. The van der Waals surface area contributed by atoms with Gasteiger partial charge >= 0.3 is 5.97 Å². The highest BCUT2D eigenvalue weighted by Crippen LogP contribution is 2.30. The lowest BCUT2D eigenvalue weighted by Crippen LogP contribution is -2.40. The summed E-state index contributed by atoms with van der Waals surface area (Å²) in [6.45, 7) is 3.38. The smallest absolute Gasteiger partial charge is 0.326 e. The Morgan fingerprint density at radius 3 is 2.52 bits per heavy atom. The molecule has 7 nitrogen and oxygen atoms in total. The number of para-hydroxylation sites is 1. The Morgan fingerprint density at radius 2 is 1.79 bits per heavy atom. The van der Waals surface area contributed by atoms with Crippen LogP contribution in [0.1, 0.15) is 30.1 Å². The van der Waals surface area contributed by atoms with Crippen LogP contribution < -0.4 is 14.2 Å². The van der Waals surface area contributed by atoms with Gasteiger partial charge in [0.15, 0.2) is 11.5 Å². The Kier molecular flexibility index (Phi) is 6.94. The molecule has 1 atom stereocenters. The van der Waals surface area contributed by atoms with Crippen molar-refractivity contribution in [3.05, 3.63) is 54.1 Å². The second-order valence-corrected chi connectivity index (χ2v) is 6.60. The number of ether oxygens (including phenoxy) is 3. The molecule has 2 aromatic carbocycles. The largest absolute Gasteiger partial charge is 0.490 e. The van der Waals surface area contributed by atoms with Crippen molar-refractivity contribution in [2.45, 2.75) is 25.8 Å². The minimum absolute atomic E-state index is 0.310. The molecule has 0 unspecified atom stereocenters. The lowest BCUT2D eigenvalue weighted by atomic mass is 10.1. The van der Waals surface area contributed by atoms with Gasteiger partial charge in [-0.1, -0.05) is 18.2 Å². The van der Waals surface area contributed by atoms with E-state index in [2.05, 4.69) is 0 Å². The standard InChI is InChI=1S/C22H25NO6/c1-2-27-20-15-16(21(24)23-12-6-9-18(23)22(25)26)10-11-19(20)29-14-13-28-17-7-4-3-5-8-17/h3-5,7-8,10-11,15,18H,2,6,9,12-14H2,1H3,(H,25,26)/t18-/m0/s1. The van der Waals surface area contributed by atoms with E-state index in [-0.39, 0.29) is 5.91 Å². The molecule has 0 saturated carbocycles. The molecule has 1 aliphatic rings. The van der Waals surface area contributed by atoms with Crippen molar-refractivity contribution < 1.29 is 28.9 Å². The van der Waals surface area contributed by atoms with Crippen LogP contribution >= 0.6 is 0 Å². The SMILES string of the molecule is CCOc1cc(C(=O)N2CCC[C@H]2C(=O)O)ccc1OCCOc1ccccc1. The van der Waals surface area contributed by atoms with Gasteiger partial charge in [-0.05, 0) is 50.1 Å². The summed E-state index contributed by atoms with van der Waals surface area (Å²) >= 11 is 0. The number of aliphatic carboxylic acids is 1. The van der Waals surface area contributed by atoms with Crippen LogP contribution in [0.15, 0.2) is 48.5 Å². The van der Waals surface area contributed by atoms with Crippen LogP contribution in [0.2, 0.25) is 0 Å². The summed E-state index contributed by atoms with van der Waals surface area (Å²) in [5, 5.41) is 9.31. The van der Waals surface area contributed by atoms with Gasteiger partial charge in [0, 0.05) is 12.1 Å². The number of carbonyl (C=O) groups is 2. The van der Waals surface area contributed by atoms with Crippen LogP contribution in [0.4, 0.5) is 0 Å². The van der Waals surface area contributed by atoms with Crippen molar-refractivity contribution in [1.82, 2.24) is 4.90 Å². The van der Waals surface area contributed by atoms with Crippen LogP contribution in [0.3, 0.4) is 0 Å². The highest BCUT2D eigenvalue weighted by molar-refractivity contribution is 5.97. The first-order chi connectivity index (χ1) is 14.1. The van der Waals surface area contributed by atoms with Gasteiger partial charge in [0.25, 0.3) is 5.91 Å². The van der Waals surface area contributed by atoms with Crippen molar-refractivity contribution in [3.63, 3.8) is 0 Å². The fourth-order valence-electron chi connectivity index (χ4n) is 3.29. The molecule has 2 aromatic rings. The monoisotopic (exact) mass is 399 g/mol. The lowest BCUT2D eigenvalue weighted by Gasteiger charge is -2.22. The molecule has 1 aliphatic heterocycles. The molecule has 1 heterocycles. The Balaban J connectivity index is 1.65. The molecule has 1 N–H and O–H groups in total. The van der Waals surface area contributed by atoms with Crippen molar-refractivity contribution >= 4 is 11.9 Å². The third kappa shape index (κ3) is 5.19. The minimum Gasteiger partial charge on any atom is -0.490 e. The molecule has 0 aromatic heterocycles. The number of carbonyl (C=O) groups excluding carboxylic acids is 1. The number of carboxylic acid groups (broad SMARTS) is 1. The second-order valence-electron chi connectivity index (χ2n) is 6.60. The average Bonchev–Trinajstić information content (AvgIpc) is 3.23. The Labute approximate surface area is 169 Å². The van der Waals surface area contributed by atoms with Crippen LogP contribution in [-0.4, -0.2) is 54.3 Å². The van der Waals surface area contributed by atoms with Crippen molar-refractivity contribution in [2.75, 3.05) is 26.4 Å². The molecule has 3 rings (SSSR count). The van der Waals surface area contributed by atoms with Crippen LogP contribution in [0, 0.1) is 0 Å². The summed E-state index contributed by atoms with van der Waals surface area (Å²) in [4.78, 5) is 25.6. The summed E-state index contributed by atoms with van der Waals surface area (Å²) in [6.07, 6.45) is 1.16. The maximum absolute atomic E-state index is 12.8. The predicted octanol–water partition coefficient (Wildman–Crippen LogP) is 3.23. The number of rotatable bonds is 9. The van der Waals surface area contributed by atoms with Crippen molar-refractivity contribution in [2.24, 2.45) is 0 Å². The Hall–Kier alpha value is -3.22. The number of hydrogen-bond acceptors (Lipinski definition) is 5. The van der Waals surface area contributed by atoms with E-state index >= 15 is 0 Å². The number of hydrogen-bond donors (Lipinski definition) is 1. The molecule has 29 heavy (non-hydrogen) atoms. The maximum atomic E-state index is 12.8. The summed E-state index contributed by atoms with van der Waals surface area (Å²) < 4.78 is 17.0. The first kappa shape index (κ1) is 20.5. The van der Waals surface area contributed by atoms with E-state index in [1.54, 1.807) is 18.2 Å². The quantitative estimate of drug-likeness (QED) is 0.652. The van der Waals surface area contributed by atoms with Gasteiger partial charge in [-0.15, -0.1) is 0 Å². The molecule has 0 aliphatic carbocycles.